The molecule has 0 heterocycles. The highest BCUT2D eigenvalue weighted by Gasteiger charge is 2.15. The summed E-state index contributed by atoms with van der Waals surface area (Å²) in [4.78, 5) is 22.8. The molecule has 0 saturated carbocycles. The number of benzene rings is 1. The van der Waals surface area contributed by atoms with Gasteiger partial charge in [0.05, 0.1) is 5.56 Å². The summed E-state index contributed by atoms with van der Waals surface area (Å²) in [6, 6.07) is 6.43. The maximum Gasteiger partial charge on any atom is 0.254 e. The Kier molecular flexibility index (Phi) is 4.51. The third kappa shape index (κ3) is 3.48. The van der Waals surface area contributed by atoms with E-state index in [2.05, 4.69) is 10.6 Å². The molecule has 1 aromatic carbocycles. The lowest BCUT2D eigenvalue weighted by atomic mass is 10.1. The van der Waals surface area contributed by atoms with E-state index >= 15 is 0 Å². The maximum absolute atomic E-state index is 11.9. The summed E-state index contributed by atoms with van der Waals surface area (Å²) in [7, 11) is 0. The summed E-state index contributed by atoms with van der Waals surface area (Å²) < 4.78 is 0. The van der Waals surface area contributed by atoms with Crippen molar-refractivity contribution in [2.75, 3.05) is 11.9 Å². The first-order chi connectivity index (χ1) is 8.06. The fourth-order valence-corrected chi connectivity index (χ4v) is 1.37. The Morgan fingerprint density at radius 2 is 2.00 bits per heavy atom. The largest absolute Gasteiger partial charge is 0.385 e. The molecule has 0 aliphatic carbocycles. The summed E-state index contributed by atoms with van der Waals surface area (Å²) in [6.45, 7) is 4.21. The molecule has 17 heavy (non-hydrogen) atoms. The van der Waals surface area contributed by atoms with Crippen molar-refractivity contribution in [3.63, 3.8) is 0 Å². The van der Waals surface area contributed by atoms with Crippen LogP contribution in [0.25, 0.3) is 0 Å². The molecule has 92 valence electrons. The predicted molar refractivity (Wildman–Crippen MR) is 66.7 cm³/mol. The van der Waals surface area contributed by atoms with Gasteiger partial charge in [-0.2, -0.15) is 0 Å². The van der Waals surface area contributed by atoms with E-state index in [1.807, 2.05) is 19.1 Å². The van der Waals surface area contributed by atoms with Gasteiger partial charge in [-0.15, -0.1) is 0 Å². The molecule has 2 amide bonds. The number of carbonyl (C=O) groups excluding carboxylic acids is 2. The van der Waals surface area contributed by atoms with Gasteiger partial charge in [-0.1, -0.05) is 12.1 Å². The highest BCUT2D eigenvalue weighted by molar-refractivity contribution is 6.01. The first kappa shape index (κ1) is 13.0. The number of primary amides is 1. The van der Waals surface area contributed by atoms with Crippen LogP contribution in [-0.2, 0) is 4.79 Å². The van der Waals surface area contributed by atoms with E-state index in [-0.39, 0.29) is 5.91 Å². The molecule has 0 radical (unpaired) electrons. The Morgan fingerprint density at radius 1 is 1.35 bits per heavy atom. The molecular weight excluding hydrogens is 218 g/mol. The van der Waals surface area contributed by atoms with Crippen LogP contribution in [0, 0.1) is 0 Å². The van der Waals surface area contributed by atoms with Crippen LogP contribution in [0.4, 0.5) is 5.69 Å². The quantitative estimate of drug-likeness (QED) is 0.703. The summed E-state index contributed by atoms with van der Waals surface area (Å²) in [6.07, 6.45) is 0. The van der Waals surface area contributed by atoms with Crippen molar-refractivity contribution >= 4 is 17.5 Å². The molecule has 1 aromatic rings. The van der Waals surface area contributed by atoms with Crippen molar-refractivity contribution in [3.05, 3.63) is 29.8 Å². The molecule has 5 nitrogen and oxygen atoms in total. The van der Waals surface area contributed by atoms with Gasteiger partial charge >= 0.3 is 0 Å². The molecule has 5 heteroatoms. The van der Waals surface area contributed by atoms with Gasteiger partial charge in [-0.25, -0.2) is 0 Å². The number of amides is 2. The normalized spacial score (nSPS) is 11.6. The topological polar surface area (TPSA) is 84.2 Å². The number of nitrogens with two attached hydrogens (primary N) is 1. The van der Waals surface area contributed by atoms with Crippen molar-refractivity contribution in [2.24, 2.45) is 5.73 Å². The fraction of sp³-hybridized carbons (Fsp3) is 0.333. The van der Waals surface area contributed by atoms with E-state index < -0.39 is 11.9 Å². The van der Waals surface area contributed by atoms with Crippen LogP contribution >= 0.6 is 0 Å². The van der Waals surface area contributed by atoms with E-state index in [0.717, 1.165) is 12.2 Å². The highest BCUT2D eigenvalue weighted by Crippen LogP contribution is 2.14. The molecule has 1 rings (SSSR count). The number of hydrogen-bond acceptors (Lipinski definition) is 3. The van der Waals surface area contributed by atoms with Gasteiger partial charge < -0.3 is 16.4 Å². The second kappa shape index (κ2) is 5.89. The maximum atomic E-state index is 11.9. The monoisotopic (exact) mass is 235 g/mol. The van der Waals surface area contributed by atoms with Gasteiger partial charge in [0.2, 0.25) is 5.91 Å². The van der Waals surface area contributed by atoms with Crippen LogP contribution in [0.2, 0.25) is 0 Å². The lowest BCUT2D eigenvalue weighted by Gasteiger charge is -2.13. The molecule has 0 aliphatic rings. The molecule has 1 atom stereocenters. The molecule has 0 spiro atoms. The zero-order valence-electron chi connectivity index (χ0n) is 9.99. The standard InChI is InChI=1S/C12H17N3O2/c1-3-14-10-7-5-4-6-9(10)12(17)15-8(2)11(13)16/h4-8,14H,3H2,1-2H3,(H2,13,16)(H,15,17). The Hall–Kier alpha value is -2.04. The number of carbonyl (C=O) groups is 2. The van der Waals surface area contributed by atoms with E-state index in [4.69, 9.17) is 5.73 Å². The molecule has 0 aromatic heterocycles. The van der Waals surface area contributed by atoms with E-state index in [1.54, 1.807) is 19.1 Å². The SMILES string of the molecule is CCNc1ccccc1C(=O)NC(C)C(N)=O. The molecule has 0 aliphatic heterocycles. The fourth-order valence-electron chi connectivity index (χ4n) is 1.37. The molecule has 0 saturated heterocycles. The molecule has 4 N–H and O–H groups in total. The van der Waals surface area contributed by atoms with Gasteiger partial charge in [-0.05, 0) is 26.0 Å². The number of rotatable bonds is 5. The van der Waals surface area contributed by atoms with Crippen molar-refractivity contribution in [3.8, 4) is 0 Å². The second-order valence-corrected chi connectivity index (χ2v) is 3.67. The average molecular weight is 235 g/mol. The van der Waals surface area contributed by atoms with Crippen molar-refractivity contribution in [1.29, 1.82) is 0 Å². The first-order valence-electron chi connectivity index (χ1n) is 5.49. The lowest BCUT2D eigenvalue weighted by molar-refractivity contribution is -0.119. The number of hydrogen-bond donors (Lipinski definition) is 3. The summed E-state index contributed by atoms with van der Waals surface area (Å²) in [5.74, 6) is -0.868. The summed E-state index contributed by atoms with van der Waals surface area (Å²) >= 11 is 0. The predicted octanol–water partition coefficient (Wildman–Crippen LogP) is 0.722. The average Bonchev–Trinajstić information content (AvgIpc) is 2.29. The summed E-state index contributed by atoms with van der Waals surface area (Å²) in [5, 5.41) is 5.62. The number of para-hydroxylation sites is 1. The molecular formula is C12H17N3O2. The minimum absolute atomic E-state index is 0.312. The highest BCUT2D eigenvalue weighted by atomic mass is 16.2. The smallest absolute Gasteiger partial charge is 0.254 e. The minimum atomic E-state index is -0.683. The van der Waals surface area contributed by atoms with Crippen molar-refractivity contribution in [2.45, 2.75) is 19.9 Å². The van der Waals surface area contributed by atoms with E-state index in [0.29, 0.717) is 5.56 Å². The van der Waals surface area contributed by atoms with Gasteiger partial charge in [0.15, 0.2) is 0 Å². The number of nitrogens with one attached hydrogen (secondary N) is 2. The summed E-state index contributed by atoms with van der Waals surface area (Å²) in [5.41, 5.74) is 6.33. The molecule has 0 fully saturated rings. The van der Waals surface area contributed by atoms with Crippen LogP contribution in [0.3, 0.4) is 0 Å². The zero-order chi connectivity index (χ0) is 12.8. The van der Waals surface area contributed by atoms with E-state index in [1.165, 1.54) is 0 Å². The van der Waals surface area contributed by atoms with Crippen LogP contribution in [-0.4, -0.2) is 24.4 Å². The van der Waals surface area contributed by atoms with Crippen LogP contribution in [0.15, 0.2) is 24.3 Å². The third-order valence-corrected chi connectivity index (χ3v) is 2.31. The van der Waals surface area contributed by atoms with Gasteiger partial charge in [0.1, 0.15) is 6.04 Å². The van der Waals surface area contributed by atoms with Crippen molar-refractivity contribution in [1.82, 2.24) is 5.32 Å². The zero-order valence-corrected chi connectivity index (χ0v) is 9.99. The Bertz CT molecular complexity index is 418. The van der Waals surface area contributed by atoms with Crippen LogP contribution < -0.4 is 16.4 Å². The lowest BCUT2D eigenvalue weighted by Crippen LogP contribution is -2.42. The Labute approximate surface area is 100 Å². The van der Waals surface area contributed by atoms with Crippen molar-refractivity contribution < 1.29 is 9.59 Å². The second-order valence-electron chi connectivity index (χ2n) is 3.67. The number of anilines is 1. The van der Waals surface area contributed by atoms with Crippen LogP contribution in [0.1, 0.15) is 24.2 Å². The van der Waals surface area contributed by atoms with Crippen LogP contribution in [0.5, 0.6) is 0 Å². The van der Waals surface area contributed by atoms with Gasteiger partial charge in [0, 0.05) is 12.2 Å². The van der Waals surface area contributed by atoms with Gasteiger partial charge in [-0.3, -0.25) is 9.59 Å². The molecule has 0 bridgehead atoms. The third-order valence-electron chi connectivity index (χ3n) is 2.31. The Morgan fingerprint density at radius 3 is 2.59 bits per heavy atom. The Balaban J connectivity index is 2.84. The van der Waals surface area contributed by atoms with E-state index in [9.17, 15) is 9.59 Å². The van der Waals surface area contributed by atoms with Gasteiger partial charge in [0.25, 0.3) is 5.91 Å². The first-order valence-corrected chi connectivity index (χ1v) is 5.49. The minimum Gasteiger partial charge on any atom is -0.385 e. The molecule has 1 unspecified atom stereocenters.